The minimum Gasteiger partial charge on any atom is -0.350 e. The highest BCUT2D eigenvalue weighted by Crippen LogP contribution is 2.07. The molecule has 0 saturated heterocycles. The van der Waals surface area contributed by atoms with E-state index in [0.29, 0.717) is 24.5 Å². The number of hydrogen-bond acceptors (Lipinski definition) is 4. The van der Waals surface area contributed by atoms with Crippen LogP contribution in [-0.2, 0) is 0 Å². The van der Waals surface area contributed by atoms with Crippen molar-refractivity contribution in [3.8, 4) is 0 Å². The molecule has 0 aromatic carbocycles. The summed E-state index contributed by atoms with van der Waals surface area (Å²) in [5.41, 5.74) is 2.41. The second kappa shape index (κ2) is 7.51. The highest BCUT2D eigenvalue weighted by molar-refractivity contribution is 5.94. The molecule has 28 heavy (non-hydrogen) atoms. The van der Waals surface area contributed by atoms with E-state index in [-0.39, 0.29) is 17.7 Å². The predicted molar refractivity (Wildman–Crippen MR) is 104 cm³/mol. The molecule has 0 bridgehead atoms. The Kier molecular flexibility index (Phi) is 4.76. The molecule has 8 nitrogen and oxygen atoms in total. The van der Waals surface area contributed by atoms with E-state index < -0.39 is 0 Å². The lowest BCUT2D eigenvalue weighted by molar-refractivity contribution is 0.0935. The van der Waals surface area contributed by atoms with Crippen molar-refractivity contribution in [1.29, 1.82) is 0 Å². The van der Waals surface area contributed by atoms with Crippen LogP contribution in [-0.4, -0.2) is 43.7 Å². The van der Waals surface area contributed by atoms with Crippen molar-refractivity contribution in [2.75, 3.05) is 13.1 Å². The van der Waals surface area contributed by atoms with E-state index in [1.165, 1.54) is 0 Å². The predicted octanol–water partition coefficient (Wildman–Crippen LogP) is 1.78. The molecule has 142 valence electrons. The molecule has 2 N–H and O–H groups in total. The van der Waals surface area contributed by atoms with Crippen molar-refractivity contribution in [2.24, 2.45) is 5.92 Å². The van der Waals surface area contributed by atoms with Gasteiger partial charge in [0.15, 0.2) is 0 Å². The number of nitrogens with one attached hydrogen (secondary N) is 2. The summed E-state index contributed by atoms with van der Waals surface area (Å²) >= 11 is 0. The van der Waals surface area contributed by atoms with Crippen molar-refractivity contribution in [1.82, 2.24) is 29.4 Å². The Labute approximate surface area is 161 Å². The fraction of sp³-hybridized carbons (Fsp3) is 0.200. The first-order chi connectivity index (χ1) is 13.6. The first-order valence-corrected chi connectivity index (χ1v) is 9.04. The summed E-state index contributed by atoms with van der Waals surface area (Å²) in [4.78, 5) is 33.3. The van der Waals surface area contributed by atoms with Gasteiger partial charge in [0.1, 0.15) is 22.7 Å². The van der Waals surface area contributed by atoms with E-state index >= 15 is 0 Å². The molecular formula is C20H20N6O2. The number of carbonyl (C=O) groups is 2. The molecular weight excluding hydrogens is 356 g/mol. The van der Waals surface area contributed by atoms with Gasteiger partial charge in [-0.05, 0) is 30.2 Å². The Bertz CT molecular complexity index is 1060. The molecule has 0 radical (unpaired) electrons. The fourth-order valence-corrected chi connectivity index (χ4v) is 2.99. The van der Waals surface area contributed by atoms with Gasteiger partial charge in [-0.25, -0.2) is 9.97 Å². The number of fused-ring (bicyclic) bond motifs is 2. The van der Waals surface area contributed by atoms with Gasteiger partial charge >= 0.3 is 0 Å². The summed E-state index contributed by atoms with van der Waals surface area (Å²) in [7, 11) is 0. The smallest absolute Gasteiger partial charge is 0.269 e. The number of nitrogens with zero attached hydrogens (tertiary/aromatic N) is 4. The Morgan fingerprint density at radius 2 is 1.32 bits per heavy atom. The van der Waals surface area contributed by atoms with Crippen LogP contribution >= 0.6 is 0 Å². The summed E-state index contributed by atoms with van der Waals surface area (Å²) in [5, 5.41) is 5.79. The first kappa shape index (κ1) is 17.7. The number of amides is 2. The molecule has 0 unspecified atom stereocenters. The second-order valence-corrected chi connectivity index (χ2v) is 6.67. The molecule has 8 heteroatoms. The minimum absolute atomic E-state index is 0.0614. The normalized spacial score (nSPS) is 11.2. The molecule has 0 fully saturated rings. The zero-order valence-corrected chi connectivity index (χ0v) is 15.4. The lowest BCUT2D eigenvalue weighted by Crippen LogP contribution is -2.36. The monoisotopic (exact) mass is 376 g/mol. The molecule has 4 rings (SSSR count). The van der Waals surface area contributed by atoms with Crippen LogP contribution in [0, 0.1) is 5.92 Å². The van der Waals surface area contributed by atoms with Crippen LogP contribution in [0.25, 0.3) is 11.3 Å². The fourth-order valence-electron chi connectivity index (χ4n) is 2.99. The highest BCUT2D eigenvalue weighted by atomic mass is 16.2. The third kappa shape index (κ3) is 3.44. The van der Waals surface area contributed by atoms with E-state index in [1.54, 1.807) is 33.6 Å². The van der Waals surface area contributed by atoms with Crippen molar-refractivity contribution >= 4 is 23.1 Å². The van der Waals surface area contributed by atoms with Crippen LogP contribution < -0.4 is 10.6 Å². The van der Waals surface area contributed by atoms with Gasteiger partial charge in [-0.15, -0.1) is 0 Å². The number of carbonyl (C=O) groups excluding carboxylic acids is 2. The summed E-state index contributed by atoms with van der Waals surface area (Å²) in [6.07, 6.45) is 6.72. The minimum atomic E-state index is -0.196. The Morgan fingerprint density at radius 3 is 1.79 bits per heavy atom. The number of aromatic nitrogens is 4. The molecule has 0 saturated carbocycles. The topological polar surface area (TPSA) is 92.8 Å². The van der Waals surface area contributed by atoms with E-state index in [0.717, 1.165) is 11.3 Å². The first-order valence-electron chi connectivity index (χ1n) is 9.04. The van der Waals surface area contributed by atoms with Gasteiger partial charge in [0.2, 0.25) is 0 Å². The molecule has 0 aliphatic rings. The van der Waals surface area contributed by atoms with Gasteiger partial charge in [0, 0.05) is 25.5 Å². The summed E-state index contributed by atoms with van der Waals surface area (Å²) < 4.78 is 3.49. The largest absolute Gasteiger partial charge is 0.350 e. The molecule has 2 amide bonds. The van der Waals surface area contributed by atoms with E-state index in [9.17, 15) is 9.59 Å². The van der Waals surface area contributed by atoms with E-state index in [1.807, 2.05) is 43.3 Å². The van der Waals surface area contributed by atoms with Crippen LogP contribution in [0.2, 0.25) is 0 Å². The lowest BCUT2D eigenvalue weighted by atomic mass is 10.2. The zero-order chi connectivity index (χ0) is 19.5. The van der Waals surface area contributed by atoms with Gasteiger partial charge in [0.25, 0.3) is 11.8 Å². The van der Waals surface area contributed by atoms with Crippen LogP contribution in [0.5, 0.6) is 0 Å². The SMILES string of the molecule is CC(CNC(=O)c1cnc2ccccn12)CNC(=O)c1cnc2ccccn12. The van der Waals surface area contributed by atoms with Crippen molar-refractivity contribution in [3.05, 3.63) is 72.6 Å². The van der Waals surface area contributed by atoms with Gasteiger partial charge in [-0.2, -0.15) is 0 Å². The Hall–Kier alpha value is -3.68. The van der Waals surface area contributed by atoms with Crippen molar-refractivity contribution in [2.45, 2.75) is 6.92 Å². The molecule has 0 atom stereocenters. The summed E-state index contributed by atoms with van der Waals surface area (Å²) in [5.74, 6) is -0.330. The molecule has 0 spiro atoms. The van der Waals surface area contributed by atoms with E-state index in [4.69, 9.17) is 0 Å². The van der Waals surface area contributed by atoms with Crippen LogP contribution in [0.3, 0.4) is 0 Å². The summed E-state index contributed by atoms with van der Waals surface area (Å²) in [6, 6.07) is 11.1. The Morgan fingerprint density at radius 1 is 0.857 bits per heavy atom. The molecule has 4 heterocycles. The molecule has 4 aromatic heterocycles. The highest BCUT2D eigenvalue weighted by Gasteiger charge is 2.15. The van der Waals surface area contributed by atoms with Gasteiger partial charge in [0.05, 0.1) is 12.4 Å². The summed E-state index contributed by atoms with van der Waals surface area (Å²) in [6.45, 7) is 2.84. The number of imidazole rings is 2. The standard InChI is InChI=1S/C20H20N6O2/c1-14(10-23-19(27)15-12-21-17-6-2-4-8-25(15)17)11-24-20(28)16-13-22-18-7-3-5-9-26(16)18/h2-9,12-14H,10-11H2,1H3,(H,23,27)(H,24,28). The third-order valence-corrected chi connectivity index (χ3v) is 4.52. The maximum Gasteiger partial charge on any atom is 0.269 e. The van der Waals surface area contributed by atoms with E-state index in [2.05, 4.69) is 20.6 Å². The van der Waals surface area contributed by atoms with Gasteiger partial charge in [-0.1, -0.05) is 19.1 Å². The molecule has 0 aliphatic carbocycles. The number of rotatable bonds is 6. The third-order valence-electron chi connectivity index (χ3n) is 4.52. The average molecular weight is 376 g/mol. The molecule has 0 aliphatic heterocycles. The van der Waals surface area contributed by atoms with Crippen LogP contribution in [0.15, 0.2) is 61.2 Å². The molecule has 4 aromatic rings. The van der Waals surface area contributed by atoms with Crippen molar-refractivity contribution in [3.63, 3.8) is 0 Å². The lowest BCUT2D eigenvalue weighted by Gasteiger charge is -2.13. The maximum absolute atomic E-state index is 12.4. The van der Waals surface area contributed by atoms with Crippen LogP contribution in [0.1, 0.15) is 27.9 Å². The quantitative estimate of drug-likeness (QED) is 0.536. The van der Waals surface area contributed by atoms with Crippen LogP contribution in [0.4, 0.5) is 0 Å². The zero-order valence-electron chi connectivity index (χ0n) is 15.4. The maximum atomic E-state index is 12.4. The Balaban J connectivity index is 1.31. The number of hydrogen-bond donors (Lipinski definition) is 2. The number of pyridine rings is 2. The van der Waals surface area contributed by atoms with Gasteiger partial charge in [-0.3, -0.25) is 18.4 Å². The van der Waals surface area contributed by atoms with Gasteiger partial charge < -0.3 is 10.6 Å². The second-order valence-electron chi connectivity index (χ2n) is 6.67. The van der Waals surface area contributed by atoms with Crippen molar-refractivity contribution < 1.29 is 9.59 Å². The average Bonchev–Trinajstić information content (AvgIpc) is 3.34.